The van der Waals surface area contributed by atoms with E-state index in [1.54, 1.807) is 25.7 Å². The van der Waals surface area contributed by atoms with E-state index in [4.69, 9.17) is 4.74 Å². The van der Waals surface area contributed by atoms with Crippen molar-refractivity contribution in [1.82, 2.24) is 31.5 Å². The summed E-state index contributed by atoms with van der Waals surface area (Å²) in [6.07, 6.45) is 11.4. The highest BCUT2D eigenvalue weighted by Crippen LogP contribution is 2.46. The molecular weight excluding hydrogens is 588 g/mol. The lowest BCUT2D eigenvalue weighted by Gasteiger charge is -2.40. The molecule has 46 heavy (non-hydrogen) atoms. The van der Waals surface area contributed by atoms with Crippen LogP contribution in [0.5, 0.6) is 0 Å². The van der Waals surface area contributed by atoms with E-state index >= 15 is 0 Å². The number of fused-ring (bicyclic) bond motifs is 3. The van der Waals surface area contributed by atoms with Crippen LogP contribution in [0.3, 0.4) is 0 Å². The topological polar surface area (TPSA) is 152 Å². The second-order valence-electron chi connectivity index (χ2n) is 15.2. The predicted octanol–water partition coefficient (Wildman–Crippen LogP) is 3.26. The minimum absolute atomic E-state index is 0.203. The summed E-state index contributed by atoms with van der Waals surface area (Å²) in [5, 5.41) is 17.8. The Morgan fingerprint density at radius 2 is 1.91 bits per heavy atom. The van der Waals surface area contributed by atoms with Crippen LogP contribution in [-0.2, 0) is 19.1 Å². The summed E-state index contributed by atoms with van der Waals surface area (Å²) in [5.74, 6) is -0.779. The number of carbonyl (C=O) groups excluding carboxylic acids is 3. The molecule has 0 radical (unpaired) electrons. The van der Waals surface area contributed by atoms with Crippen molar-refractivity contribution in [2.75, 3.05) is 6.54 Å². The molecule has 5 rings (SSSR count). The molecule has 12 nitrogen and oxygen atoms in total. The lowest BCUT2D eigenvalue weighted by molar-refractivity contribution is -0.145. The summed E-state index contributed by atoms with van der Waals surface area (Å²) in [7, 11) is 0. The van der Waals surface area contributed by atoms with Gasteiger partial charge in [-0.1, -0.05) is 44.9 Å². The number of hydrogen-bond donors (Lipinski definition) is 5. The van der Waals surface area contributed by atoms with Gasteiger partial charge in [0, 0.05) is 24.5 Å². The highest BCUT2D eigenvalue weighted by atomic mass is 16.6. The van der Waals surface area contributed by atoms with Crippen LogP contribution in [0.2, 0.25) is 0 Å². The largest absolute Gasteiger partial charge is 0.479 e. The van der Waals surface area contributed by atoms with Crippen LogP contribution in [0.4, 0.5) is 4.79 Å². The molecule has 3 aliphatic heterocycles. The average molecular weight is 643 g/mol. The summed E-state index contributed by atoms with van der Waals surface area (Å²) in [6.45, 7) is 14.1. The number of amides is 3. The van der Waals surface area contributed by atoms with Gasteiger partial charge >= 0.3 is 12.1 Å². The fourth-order valence-corrected chi connectivity index (χ4v) is 7.98. The van der Waals surface area contributed by atoms with Crippen LogP contribution in [0, 0.1) is 23.7 Å². The lowest BCUT2D eigenvalue weighted by Crippen LogP contribution is -2.56. The second kappa shape index (κ2) is 13.6. The molecule has 3 amide bonds. The summed E-state index contributed by atoms with van der Waals surface area (Å²) < 4.78 is 5.50. The molecule has 3 heterocycles. The minimum atomic E-state index is -1.38. The quantitative estimate of drug-likeness (QED) is 0.285. The van der Waals surface area contributed by atoms with Crippen LogP contribution in [0.1, 0.15) is 92.4 Å². The number of nitrogens with one attached hydrogen (secondary N) is 4. The first-order valence-corrected chi connectivity index (χ1v) is 17.2. The summed E-state index contributed by atoms with van der Waals surface area (Å²) in [5.41, 5.74) is 5.20. The maximum absolute atomic E-state index is 14.3. The normalized spacial score (nSPS) is 39.5. The third-order valence-corrected chi connectivity index (χ3v) is 10.9. The fraction of sp³-hybridized carbons (Fsp3) is 0.765. The second-order valence-corrected chi connectivity index (χ2v) is 15.2. The van der Waals surface area contributed by atoms with Crippen molar-refractivity contribution < 1.29 is 29.0 Å². The Bertz CT molecular complexity index is 1220. The number of carbonyl (C=O) groups is 4. The third-order valence-electron chi connectivity index (χ3n) is 10.9. The molecule has 0 aromatic rings. The highest BCUT2D eigenvalue weighted by Gasteiger charge is 2.61. The van der Waals surface area contributed by atoms with E-state index in [0.29, 0.717) is 43.4 Å². The molecule has 0 spiro atoms. The number of nitrogens with zero attached hydrogens (tertiary/aromatic N) is 2. The van der Waals surface area contributed by atoms with Crippen molar-refractivity contribution in [2.24, 2.45) is 23.7 Å². The zero-order valence-corrected chi connectivity index (χ0v) is 28.1. The lowest BCUT2D eigenvalue weighted by atomic mass is 9.68. The number of rotatable bonds is 5. The molecular formula is C34H54N6O6. The number of carboxylic acid groups (broad SMARTS) is 1. The van der Waals surface area contributed by atoms with Crippen molar-refractivity contribution >= 4 is 23.9 Å². The molecule has 4 fully saturated rings. The number of ether oxygens (including phenoxy) is 1. The van der Waals surface area contributed by atoms with Gasteiger partial charge in [0.1, 0.15) is 23.2 Å². The average Bonchev–Trinajstić information content (AvgIpc) is 3.28. The number of aliphatic carboxylic acids is 1. The zero-order valence-electron chi connectivity index (χ0n) is 28.1. The number of allylic oxidation sites excluding steroid dienone is 2. The van der Waals surface area contributed by atoms with Crippen LogP contribution < -0.4 is 21.5 Å². The fourth-order valence-electron chi connectivity index (χ4n) is 7.98. The first kappa shape index (κ1) is 34.4. The van der Waals surface area contributed by atoms with Crippen LogP contribution in [0.25, 0.3) is 0 Å². The predicted molar refractivity (Wildman–Crippen MR) is 173 cm³/mol. The van der Waals surface area contributed by atoms with E-state index in [1.807, 2.05) is 23.3 Å². The maximum atomic E-state index is 14.3. The number of carboxylic acids is 1. The Morgan fingerprint density at radius 1 is 1.15 bits per heavy atom. The van der Waals surface area contributed by atoms with Crippen molar-refractivity contribution in [3.8, 4) is 0 Å². The van der Waals surface area contributed by atoms with E-state index in [2.05, 4.69) is 41.9 Å². The van der Waals surface area contributed by atoms with Crippen LogP contribution >= 0.6 is 0 Å². The number of hydrogen-bond acceptors (Lipinski definition) is 8. The Morgan fingerprint density at radius 3 is 2.61 bits per heavy atom. The molecule has 2 aliphatic carbocycles. The van der Waals surface area contributed by atoms with Gasteiger partial charge < -0.3 is 25.4 Å². The molecule has 256 valence electrons. The van der Waals surface area contributed by atoms with Gasteiger partial charge in [-0.3, -0.25) is 9.59 Å². The van der Waals surface area contributed by atoms with Crippen LogP contribution in [0.15, 0.2) is 24.8 Å². The van der Waals surface area contributed by atoms with E-state index < -0.39 is 41.2 Å². The molecule has 2 saturated heterocycles. The molecule has 0 aromatic heterocycles. The highest BCUT2D eigenvalue weighted by molar-refractivity contribution is 5.96. The van der Waals surface area contributed by atoms with E-state index in [1.165, 1.54) is 0 Å². The van der Waals surface area contributed by atoms with Gasteiger partial charge in [0.25, 0.3) is 0 Å². The van der Waals surface area contributed by atoms with Gasteiger partial charge in [-0.05, 0) is 83.5 Å². The summed E-state index contributed by atoms with van der Waals surface area (Å²) in [6, 6.07) is -1.62. The molecule has 0 aromatic carbocycles. The van der Waals surface area contributed by atoms with Crippen molar-refractivity contribution in [3.63, 3.8) is 0 Å². The van der Waals surface area contributed by atoms with Crippen molar-refractivity contribution in [2.45, 2.75) is 134 Å². The first-order valence-electron chi connectivity index (χ1n) is 17.2. The molecule has 0 bridgehead atoms. The molecule has 5 unspecified atom stereocenters. The van der Waals surface area contributed by atoms with Crippen LogP contribution in [-0.4, -0.2) is 86.9 Å². The molecule has 5 N–H and O–H groups in total. The van der Waals surface area contributed by atoms with Gasteiger partial charge in [-0.25, -0.2) is 20.4 Å². The van der Waals surface area contributed by atoms with Gasteiger partial charge in [0.15, 0.2) is 0 Å². The Hall–Kier alpha value is -2.96. The van der Waals surface area contributed by atoms with Gasteiger partial charge in [0.2, 0.25) is 11.8 Å². The smallest absolute Gasteiger partial charge is 0.408 e. The Labute approximate surface area is 273 Å². The first-order chi connectivity index (χ1) is 21.7. The van der Waals surface area contributed by atoms with E-state index in [0.717, 1.165) is 32.1 Å². The molecule has 12 heteroatoms. The Balaban J connectivity index is 1.40. The van der Waals surface area contributed by atoms with Gasteiger partial charge in [0.05, 0.1) is 6.04 Å². The van der Waals surface area contributed by atoms with E-state index in [-0.39, 0.29) is 36.5 Å². The standard InChI is InChI=1S/C34H54N6O6/c1-7-13-22-16-26-28(21(3)20(22)2)38-40(37-26)24-17-27-29(41)36-34(31(43)44)18-23(34)14-11-9-8-10-12-15-25(30(42)39(27)19-24)35-32(45)46-33(4,5)6/h7,11,14,20-28,37-38H,1,8-10,12-13,15-19H2,2-6H3,(H,35,45)(H,36,41)(H,43,44)/b14-11-/t20?,21?,22?,23-,24+,25+,26?,27+,28?,34-/m1/s1. The summed E-state index contributed by atoms with van der Waals surface area (Å²) >= 11 is 0. The van der Waals surface area contributed by atoms with Crippen molar-refractivity contribution in [1.29, 1.82) is 0 Å². The monoisotopic (exact) mass is 642 g/mol. The van der Waals surface area contributed by atoms with E-state index in [9.17, 15) is 24.3 Å². The van der Waals surface area contributed by atoms with Gasteiger partial charge in [-0.2, -0.15) is 5.12 Å². The Kier molecular flexibility index (Phi) is 10.2. The zero-order chi connectivity index (χ0) is 33.4. The molecule has 10 atom stereocenters. The molecule has 5 aliphatic rings. The number of hydrazine groups is 2. The SMILES string of the molecule is C=CCC1CC2NN([C@H]3C[C@H]4C(=O)N[C@]5(C(=O)O)C[C@H]5/C=C\CCCCC[C@H](NC(=O)OC(C)(C)C)C(=O)N4C3)NC2C(C)C1C. The minimum Gasteiger partial charge on any atom is -0.479 e. The molecule has 2 saturated carbocycles. The third kappa shape index (κ3) is 7.28. The van der Waals surface area contributed by atoms with Gasteiger partial charge in [-0.15, -0.1) is 6.58 Å². The van der Waals surface area contributed by atoms with Crippen molar-refractivity contribution in [3.05, 3.63) is 24.8 Å². The maximum Gasteiger partial charge on any atom is 0.408 e. The summed E-state index contributed by atoms with van der Waals surface area (Å²) in [4.78, 5) is 55.1. The number of alkyl carbamates (subject to hydrolysis) is 1.